The molecule has 1 amide bonds. The number of nitriles is 1. The third-order valence-electron chi connectivity index (χ3n) is 3.48. The van der Waals surface area contributed by atoms with Crippen LogP contribution in [0.4, 0.5) is 5.00 Å². The van der Waals surface area contributed by atoms with Gasteiger partial charge in [0, 0.05) is 7.11 Å². The number of carbonyl (C=O) groups excluding carboxylic acids is 1. The van der Waals surface area contributed by atoms with Gasteiger partial charge in [0.2, 0.25) is 5.91 Å². The normalized spacial score (nSPS) is 17.7. The Bertz CT molecular complexity index is 481. The zero-order valence-electron chi connectivity index (χ0n) is 10.9. The molecule has 2 rings (SSSR count). The van der Waals surface area contributed by atoms with Gasteiger partial charge in [0.15, 0.2) is 0 Å². The van der Waals surface area contributed by atoms with Gasteiger partial charge in [-0.1, -0.05) is 0 Å². The minimum atomic E-state index is -0.489. The molecule has 102 valence electrons. The predicted octanol–water partition coefficient (Wildman–Crippen LogP) is 1.57. The van der Waals surface area contributed by atoms with E-state index in [1.807, 2.05) is 0 Å². The van der Waals surface area contributed by atoms with Crippen molar-refractivity contribution in [3.63, 3.8) is 0 Å². The summed E-state index contributed by atoms with van der Waals surface area (Å²) in [6.07, 6.45) is 1.50. The molecule has 1 aromatic rings. The summed E-state index contributed by atoms with van der Waals surface area (Å²) in [5.74, 6) is -0.0465. The van der Waals surface area contributed by atoms with Gasteiger partial charge in [-0.15, -0.1) is 11.3 Å². The molecule has 2 N–H and O–H groups in total. The van der Waals surface area contributed by atoms with Crippen LogP contribution < -0.4 is 10.6 Å². The highest BCUT2D eigenvalue weighted by molar-refractivity contribution is 7.14. The summed E-state index contributed by atoms with van der Waals surface area (Å²) in [4.78, 5) is 12.5. The van der Waals surface area contributed by atoms with E-state index >= 15 is 0 Å². The molecule has 1 aliphatic heterocycles. The molecule has 1 saturated heterocycles. The van der Waals surface area contributed by atoms with Gasteiger partial charge in [-0.05, 0) is 37.4 Å². The van der Waals surface area contributed by atoms with Crippen molar-refractivity contribution in [1.82, 2.24) is 5.32 Å². The number of hydrogen-bond acceptors (Lipinski definition) is 5. The topological polar surface area (TPSA) is 74.1 Å². The Kier molecular flexibility index (Phi) is 4.53. The van der Waals surface area contributed by atoms with Crippen LogP contribution in [-0.2, 0) is 9.53 Å². The summed E-state index contributed by atoms with van der Waals surface area (Å²) in [7, 11) is 1.61. The van der Waals surface area contributed by atoms with Crippen LogP contribution in [0.5, 0.6) is 0 Å². The van der Waals surface area contributed by atoms with Crippen molar-refractivity contribution in [2.75, 3.05) is 32.1 Å². The maximum atomic E-state index is 12.5. The molecule has 5 nitrogen and oxygen atoms in total. The lowest BCUT2D eigenvalue weighted by Gasteiger charge is -2.35. The lowest BCUT2D eigenvalue weighted by atomic mass is 9.78. The van der Waals surface area contributed by atoms with Gasteiger partial charge in [0.25, 0.3) is 0 Å². The van der Waals surface area contributed by atoms with Gasteiger partial charge in [-0.25, -0.2) is 0 Å². The number of nitrogens with one attached hydrogen (secondary N) is 2. The van der Waals surface area contributed by atoms with Gasteiger partial charge in [-0.2, -0.15) is 5.26 Å². The number of carbonyl (C=O) groups is 1. The Hall–Kier alpha value is -1.42. The highest BCUT2D eigenvalue weighted by Gasteiger charge is 2.40. The standard InChI is InChI=1S/C13H17N3O2S/c1-18-9-13(3-5-15-6-4-13)12(17)16-11-10(8-14)2-7-19-11/h2,7,15H,3-6,9H2,1H3,(H,16,17). The molecular formula is C13H17N3O2S. The molecule has 0 atom stereocenters. The van der Waals surface area contributed by atoms with Crippen LogP contribution >= 0.6 is 11.3 Å². The van der Waals surface area contributed by atoms with Crippen molar-refractivity contribution < 1.29 is 9.53 Å². The van der Waals surface area contributed by atoms with E-state index < -0.39 is 5.41 Å². The second-order valence-corrected chi connectivity index (χ2v) is 5.61. The smallest absolute Gasteiger partial charge is 0.233 e. The van der Waals surface area contributed by atoms with Crippen LogP contribution in [-0.4, -0.2) is 32.7 Å². The maximum Gasteiger partial charge on any atom is 0.233 e. The molecule has 1 aromatic heterocycles. The van der Waals surface area contributed by atoms with Gasteiger partial charge >= 0.3 is 0 Å². The highest BCUT2D eigenvalue weighted by Crippen LogP contribution is 2.32. The number of methoxy groups -OCH3 is 1. The molecule has 1 fully saturated rings. The quantitative estimate of drug-likeness (QED) is 0.877. The first-order valence-electron chi connectivity index (χ1n) is 6.20. The molecular weight excluding hydrogens is 262 g/mol. The molecule has 0 aliphatic carbocycles. The molecule has 6 heteroatoms. The molecule has 0 radical (unpaired) electrons. The summed E-state index contributed by atoms with van der Waals surface area (Å²) < 4.78 is 5.23. The highest BCUT2D eigenvalue weighted by atomic mass is 32.1. The first kappa shape index (κ1) is 14.0. The number of nitrogens with zero attached hydrogens (tertiary/aromatic N) is 1. The predicted molar refractivity (Wildman–Crippen MR) is 74.1 cm³/mol. The average molecular weight is 279 g/mol. The van der Waals surface area contributed by atoms with Crippen molar-refractivity contribution in [2.45, 2.75) is 12.8 Å². The second-order valence-electron chi connectivity index (χ2n) is 4.69. The van der Waals surface area contributed by atoms with E-state index in [0.717, 1.165) is 25.9 Å². The zero-order valence-corrected chi connectivity index (χ0v) is 11.7. The minimum absolute atomic E-state index is 0.0465. The number of piperidine rings is 1. The number of thiophene rings is 1. The van der Waals surface area contributed by atoms with Gasteiger partial charge in [0.1, 0.15) is 11.1 Å². The van der Waals surface area contributed by atoms with Crippen LogP contribution in [0.1, 0.15) is 18.4 Å². The van der Waals surface area contributed by atoms with Crippen molar-refractivity contribution in [1.29, 1.82) is 5.26 Å². The molecule has 1 aliphatic rings. The number of ether oxygens (including phenoxy) is 1. The van der Waals surface area contributed by atoms with Crippen LogP contribution in [0.15, 0.2) is 11.4 Å². The van der Waals surface area contributed by atoms with Gasteiger partial charge in [-0.3, -0.25) is 4.79 Å². The Balaban J connectivity index is 2.14. The SMILES string of the molecule is COCC1(C(=O)Nc2sccc2C#N)CCNCC1. The first-order valence-corrected chi connectivity index (χ1v) is 7.08. The van der Waals surface area contributed by atoms with E-state index in [1.54, 1.807) is 18.6 Å². The minimum Gasteiger partial charge on any atom is -0.384 e. The molecule has 0 saturated carbocycles. The summed E-state index contributed by atoms with van der Waals surface area (Å²) in [5, 5.41) is 17.5. The average Bonchev–Trinajstić information content (AvgIpc) is 2.87. The fraction of sp³-hybridized carbons (Fsp3) is 0.538. The Morgan fingerprint density at radius 2 is 2.37 bits per heavy atom. The van der Waals surface area contributed by atoms with Crippen LogP contribution in [0.25, 0.3) is 0 Å². The summed E-state index contributed by atoms with van der Waals surface area (Å²) >= 11 is 1.37. The lowest BCUT2D eigenvalue weighted by molar-refractivity contribution is -0.130. The van der Waals surface area contributed by atoms with Gasteiger partial charge < -0.3 is 15.4 Å². The van der Waals surface area contributed by atoms with E-state index in [2.05, 4.69) is 16.7 Å². The van der Waals surface area contributed by atoms with E-state index in [1.165, 1.54) is 11.3 Å². The molecule has 0 unspecified atom stereocenters. The molecule has 0 bridgehead atoms. The maximum absolute atomic E-state index is 12.5. The molecule has 2 heterocycles. The van der Waals surface area contributed by atoms with Crippen LogP contribution in [0.2, 0.25) is 0 Å². The molecule has 19 heavy (non-hydrogen) atoms. The largest absolute Gasteiger partial charge is 0.384 e. The Morgan fingerprint density at radius 1 is 1.63 bits per heavy atom. The van der Waals surface area contributed by atoms with Crippen LogP contribution in [0.3, 0.4) is 0 Å². The Morgan fingerprint density at radius 3 is 3.00 bits per heavy atom. The van der Waals surface area contributed by atoms with Crippen molar-refractivity contribution in [3.8, 4) is 6.07 Å². The summed E-state index contributed by atoms with van der Waals surface area (Å²) in [5.41, 5.74) is 0.0244. The number of rotatable bonds is 4. The number of amides is 1. The van der Waals surface area contributed by atoms with E-state index in [9.17, 15) is 4.79 Å². The van der Waals surface area contributed by atoms with E-state index in [0.29, 0.717) is 17.2 Å². The zero-order chi connectivity index (χ0) is 13.7. The summed E-state index contributed by atoms with van der Waals surface area (Å²) in [6.45, 7) is 2.03. The number of hydrogen-bond donors (Lipinski definition) is 2. The lowest BCUT2D eigenvalue weighted by Crippen LogP contribution is -2.47. The van der Waals surface area contributed by atoms with Crippen molar-refractivity contribution >= 4 is 22.2 Å². The number of anilines is 1. The third kappa shape index (κ3) is 2.95. The fourth-order valence-corrected chi connectivity index (χ4v) is 3.08. The van der Waals surface area contributed by atoms with Gasteiger partial charge in [0.05, 0.1) is 17.6 Å². The van der Waals surface area contributed by atoms with E-state index in [4.69, 9.17) is 10.00 Å². The van der Waals surface area contributed by atoms with Crippen molar-refractivity contribution in [3.05, 3.63) is 17.0 Å². The monoisotopic (exact) mass is 279 g/mol. The van der Waals surface area contributed by atoms with Crippen molar-refractivity contribution in [2.24, 2.45) is 5.41 Å². The fourth-order valence-electron chi connectivity index (χ4n) is 2.35. The molecule has 0 aromatic carbocycles. The van der Waals surface area contributed by atoms with Crippen LogP contribution in [0, 0.1) is 16.7 Å². The molecule has 0 spiro atoms. The van der Waals surface area contributed by atoms with E-state index in [-0.39, 0.29) is 5.91 Å². The first-order chi connectivity index (χ1) is 9.22. The second kappa shape index (κ2) is 6.15. The Labute approximate surface area is 116 Å². The third-order valence-corrected chi connectivity index (χ3v) is 4.31. The summed E-state index contributed by atoms with van der Waals surface area (Å²) in [6, 6.07) is 3.79.